The lowest BCUT2D eigenvalue weighted by molar-refractivity contribution is -0.384. The number of nitrogens with one attached hydrogen (secondary N) is 1. The molecule has 2 aromatic rings. The number of ether oxygens (including phenoxy) is 2. The Bertz CT molecular complexity index is 767. The molecule has 0 saturated heterocycles. The molecule has 132 valence electrons. The summed E-state index contributed by atoms with van der Waals surface area (Å²) in [5.74, 6) is 1.10. The van der Waals surface area contributed by atoms with Crippen LogP contribution in [-0.2, 0) is 11.2 Å². The van der Waals surface area contributed by atoms with Crippen molar-refractivity contribution in [2.45, 2.75) is 19.8 Å². The zero-order valence-corrected chi connectivity index (χ0v) is 14.4. The van der Waals surface area contributed by atoms with Crippen LogP contribution >= 0.6 is 0 Å². The first-order chi connectivity index (χ1) is 11.9. The largest absolute Gasteiger partial charge is 0.497 e. The third-order valence-electron chi connectivity index (χ3n) is 3.76. The van der Waals surface area contributed by atoms with Crippen LogP contribution in [0.1, 0.15) is 17.5 Å². The third-order valence-corrected chi connectivity index (χ3v) is 3.76. The smallest absolute Gasteiger partial charge is 0.271 e. The number of benzene rings is 2. The molecule has 0 spiro atoms. The topological polar surface area (TPSA) is 90.7 Å². The summed E-state index contributed by atoms with van der Waals surface area (Å²) < 4.78 is 10.4. The Labute approximate surface area is 145 Å². The molecule has 2 aromatic carbocycles. The predicted octanol–water partition coefficient (Wildman–Crippen LogP) is 3.49. The van der Waals surface area contributed by atoms with E-state index in [1.165, 1.54) is 12.1 Å². The van der Waals surface area contributed by atoms with Crippen LogP contribution in [0.25, 0.3) is 0 Å². The molecule has 25 heavy (non-hydrogen) atoms. The normalized spacial score (nSPS) is 10.2. The van der Waals surface area contributed by atoms with Gasteiger partial charge in [-0.1, -0.05) is 6.07 Å². The molecular formula is C18H20N2O5. The maximum atomic E-state index is 12.2. The molecule has 0 radical (unpaired) electrons. The van der Waals surface area contributed by atoms with E-state index in [1.807, 2.05) is 12.1 Å². The SMILES string of the molecule is COc1cc(CCC(=O)Nc2cc([N+](=O)[O-])ccc2C)cc(OC)c1. The minimum absolute atomic E-state index is 0.0570. The van der Waals surface area contributed by atoms with Gasteiger partial charge in [0.1, 0.15) is 11.5 Å². The van der Waals surface area contributed by atoms with Gasteiger partial charge in [0.15, 0.2) is 0 Å². The van der Waals surface area contributed by atoms with Gasteiger partial charge in [-0.15, -0.1) is 0 Å². The highest BCUT2D eigenvalue weighted by Gasteiger charge is 2.11. The molecule has 7 nitrogen and oxygen atoms in total. The van der Waals surface area contributed by atoms with Crippen LogP contribution < -0.4 is 14.8 Å². The second kappa shape index (κ2) is 8.14. The predicted molar refractivity (Wildman–Crippen MR) is 94.3 cm³/mol. The summed E-state index contributed by atoms with van der Waals surface area (Å²) in [6.07, 6.45) is 0.728. The number of carbonyl (C=O) groups is 1. The van der Waals surface area contributed by atoms with Crippen LogP contribution in [-0.4, -0.2) is 25.1 Å². The summed E-state index contributed by atoms with van der Waals surface area (Å²) >= 11 is 0. The lowest BCUT2D eigenvalue weighted by Crippen LogP contribution is -2.13. The summed E-state index contributed by atoms with van der Waals surface area (Å²) in [7, 11) is 3.13. The summed E-state index contributed by atoms with van der Waals surface area (Å²) in [5.41, 5.74) is 2.06. The molecule has 7 heteroatoms. The number of non-ortho nitro benzene ring substituents is 1. The van der Waals surface area contributed by atoms with Gasteiger partial charge in [0.25, 0.3) is 5.69 Å². The average Bonchev–Trinajstić information content (AvgIpc) is 2.61. The van der Waals surface area contributed by atoms with E-state index < -0.39 is 4.92 Å². The Morgan fingerprint density at radius 1 is 1.12 bits per heavy atom. The second-order valence-corrected chi connectivity index (χ2v) is 5.53. The molecule has 1 amide bonds. The number of hydrogen-bond acceptors (Lipinski definition) is 5. The molecule has 0 saturated carbocycles. The Hall–Kier alpha value is -3.09. The molecule has 0 aromatic heterocycles. The molecule has 0 fully saturated rings. The van der Waals surface area contributed by atoms with Crippen molar-refractivity contribution in [3.8, 4) is 11.5 Å². The molecule has 0 aliphatic heterocycles. The Morgan fingerprint density at radius 2 is 1.76 bits per heavy atom. The van der Waals surface area contributed by atoms with Gasteiger partial charge >= 0.3 is 0 Å². The van der Waals surface area contributed by atoms with Gasteiger partial charge in [-0.05, 0) is 36.6 Å². The number of methoxy groups -OCH3 is 2. The number of rotatable bonds is 7. The average molecular weight is 344 g/mol. The lowest BCUT2D eigenvalue weighted by Gasteiger charge is -2.10. The number of hydrogen-bond donors (Lipinski definition) is 1. The van der Waals surface area contributed by atoms with Gasteiger partial charge in [-0.2, -0.15) is 0 Å². The number of amides is 1. The fraction of sp³-hybridized carbons (Fsp3) is 0.278. The first kappa shape index (κ1) is 18.3. The Balaban J connectivity index is 2.04. The zero-order chi connectivity index (χ0) is 18.4. The highest BCUT2D eigenvalue weighted by atomic mass is 16.6. The number of nitrogens with zero attached hydrogens (tertiary/aromatic N) is 1. The molecule has 0 unspecified atom stereocenters. The highest BCUT2D eigenvalue weighted by Crippen LogP contribution is 2.24. The maximum absolute atomic E-state index is 12.2. The van der Waals surface area contributed by atoms with Gasteiger partial charge in [-0.3, -0.25) is 14.9 Å². The van der Waals surface area contributed by atoms with Crippen molar-refractivity contribution in [3.63, 3.8) is 0 Å². The second-order valence-electron chi connectivity index (χ2n) is 5.53. The third kappa shape index (κ3) is 4.94. The van der Waals surface area contributed by atoms with Crippen molar-refractivity contribution in [3.05, 3.63) is 57.6 Å². The van der Waals surface area contributed by atoms with Crippen molar-refractivity contribution in [2.75, 3.05) is 19.5 Å². The van der Waals surface area contributed by atoms with E-state index in [1.54, 1.807) is 33.3 Å². The van der Waals surface area contributed by atoms with E-state index in [0.717, 1.165) is 11.1 Å². The van der Waals surface area contributed by atoms with E-state index in [2.05, 4.69) is 5.32 Å². The first-order valence-corrected chi connectivity index (χ1v) is 7.69. The Morgan fingerprint density at radius 3 is 2.32 bits per heavy atom. The summed E-state index contributed by atoms with van der Waals surface area (Å²) in [4.78, 5) is 22.5. The number of anilines is 1. The van der Waals surface area contributed by atoms with Crippen LogP contribution in [0.4, 0.5) is 11.4 Å². The summed E-state index contributed by atoms with van der Waals surface area (Å²) in [6, 6.07) is 9.83. The molecule has 0 heterocycles. The van der Waals surface area contributed by atoms with Crippen molar-refractivity contribution in [2.24, 2.45) is 0 Å². The fourth-order valence-corrected chi connectivity index (χ4v) is 2.34. The van der Waals surface area contributed by atoms with Crippen LogP contribution in [0, 0.1) is 17.0 Å². The number of nitro groups is 1. The summed E-state index contributed by atoms with van der Waals surface area (Å²) in [6.45, 7) is 1.78. The highest BCUT2D eigenvalue weighted by molar-refractivity contribution is 5.92. The van der Waals surface area contributed by atoms with E-state index in [9.17, 15) is 14.9 Å². The van der Waals surface area contributed by atoms with Crippen molar-refractivity contribution in [1.29, 1.82) is 0 Å². The van der Waals surface area contributed by atoms with Crippen LogP contribution in [0.15, 0.2) is 36.4 Å². The standard InChI is InChI=1S/C18H20N2O5/c1-12-4-6-14(20(22)23)10-17(12)19-18(21)7-5-13-8-15(24-2)11-16(9-13)25-3/h4,6,8-11H,5,7H2,1-3H3,(H,19,21). The molecule has 2 rings (SSSR count). The van der Waals surface area contributed by atoms with E-state index in [-0.39, 0.29) is 18.0 Å². The number of aryl methyl sites for hydroxylation is 2. The monoisotopic (exact) mass is 344 g/mol. The minimum Gasteiger partial charge on any atom is -0.497 e. The van der Waals surface area contributed by atoms with E-state index in [4.69, 9.17) is 9.47 Å². The maximum Gasteiger partial charge on any atom is 0.271 e. The van der Waals surface area contributed by atoms with Crippen LogP contribution in [0.3, 0.4) is 0 Å². The van der Waals surface area contributed by atoms with Crippen LogP contribution in [0.5, 0.6) is 11.5 Å². The minimum atomic E-state index is -0.488. The van der Waals surface area contributed by atoms with Crippen molar-refractivity contribution in [1.82, 2.24) is 0 Å². The number of nitro benzene ring substituents is 1. The van der Waals surface area contributed by atoms with Crippen molar-refractivity contribution < 1.29 is 19.2 Å². The van der Waals surface area contributed by atoms with Gasteiger partial charge in [0.2, 0.25) is 5.91 Å². The number of carbonyl (C=O) groups excluding carboxylic acids is 1. The Kier molecular flexibility index (Phi) is 5.94. The zero-order valence-electron chi connectivity index (χ0n) is 14.4. The van der Waals surface area contributed by atoms with Gasteiger partial charge in [0.05, 0.1) is 24.8 Å². The first-order valence-electron chi connectivity index (χ1n) is 7.69. The fourth-order valence-electron chi connectivity index (χ4n) is 2.34. The van der Waals surface area contributed by atoms with Crippen molar-refractivity contribution >= 4 is 17.3 Å². The molecule has 0 aliphatic rings. The van der Waals surface area contributed by atoms with Crippen LogP contribution in [0.2, 0.25) is 0 Å². The van der Waals surface area contributed by atoms with E-state index in [0.29, 0.717) is 23.6 Å². The van der Waals surface area contributed by atoms with Gasteiger partial charge in [0, 0.05) is 24.6 Å². The van der Waals surface area contributed by atoms with Gasteiger partial charge < -0.3 is 14.8 Å². The molecular weight excluding hydrogens is 324 g/mol. The summed E-state index contributed by atoms with van der Waals surface area (Å²) in [5, 5.41) is 13.6. The molecule has 0 aliphatic carbocycles. The van der Waals surface area contributed by atoms with E-state index >= 15 is 0 Å². The molecule has 0 bridgehead atoms. The molecule has 0 atom stereocenters. The molecule has 1 N–H and O–H groups in total. The lowest BCUT2D eigenvalue weighted by atomic mass is 10.1. The van der Waals surface area contributed by atoms with Gasteiger partial charge in [-0.25, -0.2) is 0 Å². The quantitative estimate of drug-likeness (QED) is 0.613.